The van der Waals surface area contributed by atoms with E-state index >= 15 is 0 Å². The Kier molecular flexibility index (Phi) is 3.09. The maximum absolute atomic E-state index is 11.5. The lowest BCUT2D eigenvalue weighted by Crippen LogP contribution is -2.04. The number of nitrogen functional groups attached to an aromatic ring is 1. The molecule has 0 spiro atoms. The third kappa shape index (κ3) is 2.33. The highest BCUT2D eigenvalue weighted by molar-refractivity contribution is 7.91. The van der Waals surface area contributed by atoms with E-state index in [4.69, 9.17) is 15.2 Å². The molecule has 0 bridgehead atoms. The molecule has 0 aliphatic carbocycles. The monoisotopic (exact) mass is 231 g/mol. The van der Waals surface area contributed by atoms with E-state index in [0.717, 1.165) is 6.26 Å². The first-order valence-corrected chi connectivity index (χ1v) is 6.01. The molecule has 5 nitrogen and oxygen atoms in total. The second kappa shape index (κ2) is 3.98. The van der Waals surface area contributed by atoms with E-state index in [9.17, 15) is 8.42 Å². The van der Waals surface area contributed by atoms with Crippen LogP contribution in [0.25, 0.3) is 0 Å². The molecule has 0 unspecified atom stereocenters. The first kappa shape index (κ1) is 11.6. The van der Waals surface area contributed by atoms with Crippen molar-refractivity contribution in [3.63, 3.8) is 0 Å². The minimum absolute atomic E-state index is 0.0155. The molecule has 0 amide bonds. The van der Waals surface area contributed by atoms with Crippen LogP contribution in [0.5, 0.6) is 11.5 Å². The molecule has 0 radical (unpaired) electrons. The Morgan fingerprint density at radius 1 is 1.13 bits per heavy atom. The minimum atomic E-state index is -3.41. The van der Waals surface area contributed by atoms with Crippen molar-refractivity contribution in [1.82, 2.24) is 0 Å². The van der Waals surface area contributed by atoms with Gasteiger partial charge in [0.15, 0.2) is 14.7 Å². The number of nitrogens with two attached hydrogens (primary N) is 1. The molecular weight excluding hydrogens is 218 g/mol. The number of rotatable bonds is 3. The second-order valence-corrected chi connectivity index (χ2v) is 4.98. The molecule has 0 saturated carbocycles. The third-order valence-electron chi connectivity index (χ3n) is 1.85. The molecule has 6 heteroatoms. The van der Waals surface area contributed by atoms with Crippen LogP contribution >= 0.6 is 0 Å². The van der Waals surface area contributed by atoms with E-state index in [1.165, 1.54) is 26.4 Å². The molecule has 1 aromatic rings. The maximum Gasteiger partial charge on any atom is 0.182 e. The number of hydrogen-bond acceptors (Lipinski definition) is 5. The Morgan fingerprint density at radius 2 is 1.53 bits per heavy atom. The van der Waals surface area contributed by atoms with Gasteiger partial charge in [-0.3, -0.25) is 0 Å². The molecule has 0 fully saturated rings. The van der Waals surface area contributed by atoms with Crippen molar-refractivity contribution in [2.45, 2.75) is 4.90 Å². The predicted octanol–water partition coefficient (Wildman–Crippen LogP) is 0.690. The summed E-state index contributed by atoms with van der Waals surface area (Å²) in [5.41, 5.74) is 5.95. The quantitative estimate of drug-likeness (QED) is 0.774. The van der Waals surface area contributed by atoms with Gasteiger partial charge >= 0.3 is 0 Å². The summed E-state index contributed by atoms with van der Waals surface area (Å²) in [4.78, 5) is 0.0155. The zero-order chi connectivity index (χ0) is 11.6. The molecule has 1 aromatic carbocycles. The largest absolute Gasteiger partial charge is 0.495 e. The summed E-state index contributed by atoms with van der Waals surface area (Å²) in [6, 6.07) is 2.89. The fraction of sp³-hybridized carbons (Fsp3) is 0.333. The average molecular weight is 231 g/mol. The Labute approximate surface area is 88.7 Å². The topological polar surface area (TPSA) is 78.6 Å². The molecule has 84 valence electrons. The summed E-state index contributed by atoms with van der Waals surface area (Å²) in [6.45, 7) is 0. The molecule has 1 rings (SSSR count). The fourth-order valence-corrected chi connectivity index (χ4v) is 2.28. The maximum atomic E-state index is 11.5. The van der Waals surface area contributed by atoms with Crippen LogP contribution in [-0.2, 0) is 9.84 Å². The van der Waals surface area contributed by atoms with Gasteiger partial charge in [-0.1, -0.05) is 0 Å². The summed E-state index contributed by atoms with van der Waals surface area (Å²) in [5.74, 6) is 0.378. The lowest BCUT2D eigenvalue weighted by molar-refractivity contribution is 0.374. The van der Waals surface area contributed by atoms with Crippen LogP contribution in [0.3, 0.4) is 0 Å². The highest BCUT2D eigenvalue weighted by atomic mass is 32.2. The molecule has 15 heavy (non-hydrogen) atoms. The average Bonchev–Trinajstić information content (AvgIpc) is 2.14. The molecule has 0 aromatic heterocycles. The zero-order valence-corrected chi connectivity index (χ0v) is 9.59. The molecule has 2 N–H and O–H groups in total. The standard InChI is InChI=1S/C9H13NO4S/c1-13-7-4-6(10)5-8(14-2)9(7)15(3,11)12/h4-5H,10H2,1-3H3. The van der Waals surface area contributed by atoms with Crippen LogP contribution < -0.4 is 15.2 Å². The van der Waals surface area contributed by atoms with Gasteiger partial charge in [0, 0.05) is 24.1 Å². The van der Waals surface area contributed by atoms with Crippen LogP contribution in [0.15, 0.2) is 17.0 Å². The molecular formula is C9H13NO4S. The van der Waals surface area contributed by atoms with Gasteiger partial charge in [0.2, 0.25) is 0 Å². The molecule has 0 aliphatic rings. The summed E-state index contributed by atoms with van der Waals surface area (Å²) in [7, 11) is -0.655. The van der Waals surface area contributed by atoms with E-state index in [2.05, 4.69) is 0 Å². The van der Waals surface area contributed by atoms with Crippen molar-refractivity contribution in [3.8, 4) is 11.5 Å². The van der Waals surface area contributed by atoms with E-state index in [1.54, 1.807) is 0 Å². The van der Waals surface area contributed by atoms with Gasteiger partial charge in [-0.25, -0.2) is 8.42 Å². The number of hydrogen-bond donors (Lipinski definition) is 1. The van der Waals surface area contributed by atoms with E-state index in [1.807, 2.05) is 0 Å². The van der Waals surface area contributed by atoms with Crippen LogP contribution in [0.2, 0.25) is 0 Å². The normalized spacial score (nSPS) is 11.1. The van der Waals surface area contributed by atoms with Gasteiger partial charge in [-0.05, 0) is 0 Å². The fourth-order valence-electron chi connectivity index (χ4n) is 1.27. The van der Waals surface area contributed by atoms with Crippen molar-refractivity contribution in [1.29, 1.82) is 0 Å². The van der Waals surface area contributed by atoms with Crippen molar-refractivity contribution in [3.05, 3.63) is 12.1 Å². The molecule has 0 atom stereocenters. The van der Waals surface area contributed by atoms with Crippen LogP contribution in [0.4, 0.5) is 5.69 Å². The van der Waals surface area contributed by atoms with Crippen LogP contribution in [0.1, 0.15) is 0 Å². The van der Waals surface area contributed by atoms with Crippen molar-refractivity contribution >= 4 is 15.5 Å². The van der Waals surface area contributed by atoms with Gasteiger partial charge in [-0.15, -0.1) is 0 Å². The lowest BCUT2D eigenvalue weighted by atomic mass is 10.3. The Hall–Kier alpha value is -1.43. The SMILES string of the molecule is COc1cc(N)cc(OC)c1S(C)(=O)=O. The van der Waals surface area contributed by atoms with Gasteiger partial charge < -0.3 is 15.2 Å². The van der Waals surface area contributed by atoms with Crippen molar-refractivity contribution in [2.24, 2.45) is 0 Å². The number of anilines is 1. The summed E-state index contributed by atoms with van der Waals surface area (Å²) in [6.07, 6.45) is 1.09. The van der Waals surface area contributed by atoms with Gasteiger partial charge in [0.25, 0.3) is 0 Å². The Bertz CT molecular complexity index is 442. The Balaban J connectivity index is 3.59. The van der Waals surface area contributed by atoms with Crippen LogP contribution in [0, 0.1) is 0 Å². The second-order valence-electron chi connectivity index (χ2n) is 3.03. The van der Waals surface area contributed by atoms with E-state index in [-0.39, 0.29) is 16.4 Å². The Morgan fingerprint density at radius 3 is 1.80 bits per heavy atom. The van der Waals surface area contributed by atoms with Crippen molar-refractivity contribution in [2.75, 3.05) is 26.2 Å². The molecule has 0 aliphatic heterocycles. The third-order valence-corrected chi connectivity index (χ3v) is 3.00. The summed E-state index contributed by atoms with van der Waals surface area (Å²) in [5, 5.41) is 0. The molecule has 0 saturated heterocycles. The first-order chi connectivity index (χ1) is 6.90. The van der Waals surface area contributed by atoms with E-state index in [0.29, 0.717) is 5.69 Å². The van der Waals surface area contributed by atoms with Crippen LogP contribution in [-0.4, -0.2) is 28.9 Å². The summed E-state index contributed by atoms with van der Waals surface area (Å²) < 4.78 is 32.9. The summed E-state index contributed by atoms with van der Waals surface area (Å²) >= 11 is 0. The minimum Gasteiger partial charge on any atom is -0.495 e. The van der Waals surface area contributed by atoms with Gasteiger partial charge in [-0.2, -0.15) is 0 Å². The van der Waals surface area contributed by atoms with E-state index < -0.39 is 9.84 Å². The number of benzene rings is 1. The lowest BCUT2D eigenvalue weighted by Gasteiger charge is -2.12. The van der Waals surface area contributed by atoms with Crippen molar-refractivity contribution < 1.29 is 17.9 Å². The highest BCUT2D eigenvalue weighted by Gasteiger charge is 2.21. The number of ether oxygens (including phenoxy) is 2. The number of sulfone groups is 1. The zero-order valence-electron chi connectivity index (χ0n) is 8.77. The van der Waals surface area contributed by atoms with Gasteiger partial charge in [0.1, 0.15) is 11.5 Å². The number of methoxy groups -OCH3 is 2. The predicted molar refractivity (Wildman–Crippen MR) is 57.1 cm³/mol. The smallest absolute Gasteiger partial charge is 0.182 e. The first-order valence-electron chi connectivity index (χ1n) is 4.11. The molecule has 0 heterocycles. The highest BCUT2D eigenvalue weighted by Crippen LogP contribution is 2.35. The van der Waals surface area contributed by atoms with Gasteiger partial charge in [0.05, 0.1) is 14.2 Å².